The molecule has 6 heteroatoms. The Balaban J connectivity index is 2.53. The molecule has 5 nitrogen and oxygen atoms in total. The average molecular weight is 267 g/mol. The lowest BCUT2D eigenvalue weighted by Gasteiger charge is -2.03. The van der Waals surface area contributed by atoms with Gasteiger partial charge in [-0.05, 0) is 26.0 Å². The van der Waals surface area contributed by atoms with Crippen LogP contribution in [-0.4, -0.2) is 22.7 Å². The van der Waals surface area contributed by atoms with Crippen molar-refractivity contribution in [3.05, 3.63) is 34.7 Å². The summed E-state index contributed by atoms with van der Waals surface area (Å²) in [5.74, 6) is -0.113. The van der Waals surface area contributed by atoms with Crippen molar-refractivity contribution in [1.82, 2.24) is 10.1 Å². The van der Waals surface area contributed by atoms with Crippen LogP contribution in [0.25, 0.3) is 11.4 Å². The normalized spacial score (nSPS) is 10.4. The molecule has 0 saturated heterocycles. The average Bonchev–Trinajstić information content (AvgIpc) is 2.72. The van der Waals surface area contributed by atoms with Crippen LogP contribution < -0.4 is 0 Å². The molecule has 0 bridgehead atoms. The van der Waals surface area contributed by atoms with Crippen molar-refractivity contribution in [1.29, 1.82) is 0 Å². The summed E-state index contributed by atoms with van der Waals surface area (Å²) >= 11 is 6.03. The molecule has 0 atom stereocenters. The Labute approximate surface area is 109 Å². The van der Waals surface area contributed by atoms with Gasteiger partial charge in [-0.1, -0.05) is 16.8 Å². The van der Waals surface area contributed by atoms with Crippen LogP contribution in [0.15, 0.2) is 22.9 Å². The third-order valence-electron chi connectivity index (χ3n) is 2.33. The number of esters is 1. The fourth-order valence-electron chi connectivity index (χ4n) is 1.54. The number of pyridine rings is 1. The molecular formula is C12H11ClN2O3. The summed E-state index contributed by atoms with van der Waals surface area (Å²) in [4.78, 5) is 15.9. The molecule has 0 aromatic carbocycles. The Hall–Kier alpha value is -1.88. The predicted molar refractivity (Wildman–Crippen MR) is 65.4 cm³/mol. The van der Waals surface area contributed by atoms with Gasteiger partial charge in [0.15, 0.2) is 0 Å². The molecule has 2 heterocycles. The van der Waals surface area contributed by atoms with Gasteiger partial charge in [0.25, 0.3) is 0 Å². The number of hydrogen-bond acceptors (Lipinski definition) is 5. The second-order valence-corrected chi connectivity index (χ2v) is 3.92. The molecule has 2 rings (SSSR count). The minimum Gasteiger partial charge on any atom is -0.462 e. The number of carbonyl (C=O) groups is 1. The number of halogens is 1. The first-order chi connectivity index (χ1) is 8.65. The SMILES string of the molecule is CCOC(=O)c1c(-c2ncccc2Cl)noc1C. The van der Waals surface area contributed by atoms with Gasteiger partial charge in [0.05, 0.1) is 11.6 Å². The van der Waals surface area contributed by atoms with Gasteiger partial charge in [-0.15, -0.1) is 0 Å². The first-order valence-corrected chi connectivity index (χ1v) is 5.77. The van der Waals surface area contributed by atoms with Crippen LogP contribution in [0.5, 0.6) is 0 Å². The second-order valence-electron chi connectivity index (χ2n) is 3.52. The maximum absolute atomic E-state index is 11.8. The topological polar surface area (TPSA) is 65.2 Å². The molecule has 0 spiro atoms. The number of rotatable bonds is 3. The maximum atomic E-state index is 11.8. The largest absolute Gasteiger partial charge is 0.462 e. The van der Waals surface area contributed by atoms with Crippen LogP contribution >= 0.6 is 11.6 Å². The van der Waals surface area contributed by atoms with Crippen molar-refractivity contribution in [3.8, 4) is 11.4 Å². The highest BCUT2D eigenvalue weighted by Gasteiger charge is 2.24. The van der Waals surface area contributed by atoms with Crippen molar-refractivity contribution in [3.63, 3.8) is 0 Å². The molecular weight excluding hydrogens is 256 g/mol. The zero-order chi connectivity index (χ0) is 13.1. The van der Waals surface area contributed by atoms with E-state index in [1.807, 2.05) is 0 Å². The van der Waals surface area contributed by atoms with Crippen molar-refractivity contribution in [2.24, 2.45) is 0 Å². The van der Waals surface area contributed by atoms with E-state index in [1.165, 1.54) is 0 Å². The predicted octanol–water partition coefficient (Wildman–Crippen LogP) is 2.88. The smallest absolute Gasteiger partial charge is 0.344 e. The van der Waals surface area contributed by atoms with Crippen LogP contribution in [0, 0.1) is 6.92 Å². The Morgan fingerprint density at radius 3 is 2.94 bits per heavy atom. The highest BCUT2D eigenvalue weighted by Crippen LogP contribution is 2.29. The summed E-state index contributed by atoms with van der Waals surface area (Å²) in [6.45, 7) is 3.65. The first-order valence-electron chi connectivity index (χ1n) is 5.39. The van der Waals surface area contributed by atoms with Crippen LogP contribution in [-0.2, 0) is 4.74 Å². The fourth-order valence-corrected chi connectivity index (χ4v) is 1.75. The molecule has 0 aliphatic rings. The van der Waals surface area contributed by atoms with Gasteiger partial charge in [-0.2, -0.15) is 0 Å². The molecule has 0 N–H and O–H groups in total. The highest BCUT2D eigenvalue weighted by molar-refractivity contribution is 6.33. The summed E-state index contributed by atoms with van der Waals surface area (Å²) in [6, 6.07) is 3.37. The molecule has 94 valence electrons. The van der Waals surface area contributed by atoms with Gasteiger partial charge in [-0.25, -0.2) is 4.79 Å². The molecule has 0 unspecified atom stereocenters. The Morgan fingerprint density at radius 2 is 2.28 bits per heavy atom. The van der Waals surface area contributed by atoms with E-state index in [4.69, 9.17) is 20.9 Å². The third-order valence-corrected chi connectivity index (χ3v) is 2.63. The van der Waals surface area contributed by atoms with Crippen LogP contribution in [0.3, 0.4) is 0 Å². The summed E-state index contributed by atoms with van der Waals surface area (Å²) in [7, 11) is 0. The number of carbonyl (C=O) groups excluding carboxylic acids is 1. The van der Waals surface area contributed by atoms with E-state index in [9.17, 15) is 4.79 Å². The van der Waals surface area contributed by atoms with Gasteiger partial charge in [-0.3, -0.25) is 4.98 Å². The van der Waals surface area contributed by atoms with Gasteiger partial charge < -0.3 is 9.26 Å². The number of nitrogens with zero attached hydrogens (tertiary/aromatic N) is 2. The van der Waals surface area contributed by atoms with E-state index in [0.29, 0.717) is 22.2 Å². The molecule has 0 radical (unpaired) electrons. The molecule has 2 aromatic heterocycles. The summed E-state index contributed by atoms with van der Waals surface area (Å²) in [6.07, 6.45) is 1.57. The van der Waals surface area contributed by atoms with E-state index in [-0.39, 0.29) is 12.2 Å². The molecule has 0 fully saturated rings. The fraction of sp³-hybridized carbons (Fsp3) is 0.250. The van der Waals surface area contributed by atoms with Crippen molar-refractivity contribution in [2.45, 2.75) is 13.8 Å². The Kier molecular flexibility index (Phi) is 3.62. The Bertz CT molecular complexity index is 580. The van der Waals surface area contributed by atoms with E-state index >= 15 is 0 Å². The van der Waals surface area contributed by atoms with Gasteiger partial charge in [0.1, 0.15) is 22.7 Å². The number of aryl methyl sites for hydroxylation is 1. The molecule has 18 heavy (non-hydrogen) atoms. The van der Waals surface area contributed by atoms with Gasteiger partial charge >= 0.3 is 5.97 Å². The number of hydrogen-bond donors (Lipinski definition) is 0. The quantitative estimate of drug-likeness (QED) is 0.799. The molecule has 0 saturated carbocycles. The number of aromatic nitrogens is 2. The van der Waals surface area contributed by atoms with Crippen molar-refractivity contribution < 1.29 is 14.1 Å². The molecule has 2 aromatic rings. The minimum atomic E-state index is -0.493. The molecule has 0 aliphatic heterocycles. The zero-order valence-electron chi connectivity index (χ0n) is 9.94. The Morgan fingerprint density at radius 1 is 1.50 bits per heavy atom. The maximum Gasteiger partial charge on any atom is 0.344 e. The minimum absolute atomic E-state index is 0.262. The van der Waals surface area contributed by atoms with E-state index < -0.39 is 5.97 Å². The van der Waals surface area contributed by atoms with Gasteiger partial charge in [0, 0.05) is 6.20 Å². The first kappa shape index (κ1) is 12.6. The summed E-state index contributed by atoms with van der Waals surface area (Å²) in [5, 5.41) is 4.23. The van der Waals surface area contributed by atoms with Crippen LogP contribution in [0.4, 0.5) is 0 Å². The zero-order valence-corrected chi connectivity index (χ0v) is 10.7. The van der Waals surface area contributed by atoms with E-state index in [2.05, 4.69) is 10.1 Å². The number of ether oxygens (including phenoxy) is 1. The van der Waals surface area contributed by atoms with Gasteiger partial charge in [0.2, 0.25) is 0 Å². The summed E-state index contributed by atoms with van der Waals surface area (Å²) < 4.78 is 9.98. The standard InChI is InChI=1S/C12H11ClN2O3/c1-3-17-12(16)9-7(2)18-15-11(9)10-8(13)5-4-6-14-10/h4-6H,3H2,1-2H3. The van der Waals surface area contributed by atoms with Crippen molar-refractivity contribution >= 4 is 17.6 Å². The molecule has 0 amide bonds. The van der Waals surface area contributed by atoms with E-state index in [1.54, 1.807) is 32.2 Å². The van der Waals surface area contributed by atoms with Crippen molar-refractivity contribution in [2.75, 3.05) is 6.61 Å². The lowest BCUT2D eigenvalue weighted by atomic mass is 10.1. The summed E-state index contributed by atoms with van der Waals surface area (Å²) in [5.41, 5.74) is 0.966. The third kappa shape index (κ3) is 2.22. The second kappa shape index (κ2) is 5.18. The highest BCUT2D eigenvalue weighted by atomic mass is 35.5. The van der Waals surface area contributed by atoms with E-state index in [0.717, 1.165) is 0 Å². The van der Waals surface area contributed by atoms with Crippen LogP contribution in [0.1, 0.15) is 23.0 Å². The van der Waals surface area contributed by atoms with Crippen LogP contribution in [0.2, 0.25) is 5.02 Å². The monoisotopic (exact) mass is 266 g/mol. The lowest BCUT2D eigenvalue weighted by Crippen LogP contribution is -2.07. The molecule has 0 aliphatic carbocycles. The lowest BCUT2D eigenvalue weighted by molar-refractivity contribution is 0.0525.